The van der Waals surface area contributed by atoms with Crippen molar-refractivity contribution < 1.29 is 15.0 Å². The molecule has 0 bridgehead atoms. The molecule has 0 spiro atoms. The molecule has 4 heteroatoms. The molecule has 2 N–H and O–H groups in total. The van der Waals surface area contributed by atoms with E-state index in [-0.39, 0.29) is 11.7 Å². The fraction of sp³-hybridized carbons (Fsp3) is 0.417. The molecule has 1 amide bonds. The van der Waals surface area contributed by atoms with Gasteiger partial charge in [-0.3, -0.25) is 4.79 Å². The second kappa shape index (κ2) is 4.14. The number of hydrogen-bond acceptors (Lipinski definition) is 3. The van der Waals surface area contributed by atoms with Crippen molar-refractivity contribution in [3.63, 3.8) is 0 Å². The molecule has 1 atom stereocenters. The van der Waals surface area contributed by atoms with Crippen LogP contribution in [0.25, 0.3) is 0 Å². The molecule has 1 aliphatic rings. The van der Waals surface area contributed by atoms with Crippen molar-refractivity contribution in [3.05, 3.63) is 29.3 Å². The van der Waals surface area contributed by atoms with Crippen molar-refractivity contribution in [2.75, 3.05) is 13.1 Å². The lowest BCUT2D eigenvalue weighted by atomic mass is 10.1. The van der Waals surface area contributed by atoms with Gasteiger partial charge in [0.2, 0.25) is 0 Å². The van der Waals surface area contributed by atoms with Crippen LogP contribution in [0.1, 0.15) is 22.3 Å². The number of benzene rings is 1. The van der Waals surface area contributed by atoms with Crippen LogP contribution in [0.3, 0.4) is 0 Å². The number of aliphatic hydroxyl groups is 1. The van der Waals surface area contributed by atoms with Gasteiger partial charge in [-0.15, -0.1) is 0 Å². The third-order valence-corrected chi connectivity index (χ3v) is 2.91. The molecular formula is C12H15NO3. The zero-order valence-electron chi connectivity index (χ0n) is 9.18. The summed E-state index contributed by atoms with van der Waals surface area (Å²) in [6, 6.07) is 4.89. The Morgan fingerprint density at radius 3 is 2.81 bits per heavy atom. The predicted octanol–water partition coefficient (Wildman–Crippen LogP) is 0.907. The molecule has 0 unspecified atom stereocenters. The summed E-state index contributed by atoms with van der Waals surface area (Å²) < 4.78 is 0. The zero-order chi connectivity index (χ0) is 11.7. The molecule has 1 saturated heterocycles. The van der Waals surface area contributed by atoms with Gasteiger partial charge in [0.15, 0.2) is 0 Å². The lowest BCUT2D eigenvalue weighted by Gasteiger charge is -2.15. The van der Waals surface area contributed by atoms with Crippen molar-refractivity contribution in [3.8, 4) is 5.75 Å². The number of amides is 1. The number of carbonyl (C=O) groups is 1. The Morgan fingerprint density at radius 1 is 1.50 bits per heavy atom. The summed E-state index contributed by atoms with van der Waals surface area (Å²) in [5.41, 5.74) is 1.22. The summed E-state index contributed by atoms with van der Waals surface area (Å²) in [7, 11) is 0. The van der Waals surface area contributed by atoms with E-state index in [9.17, 15) is 15.0 Å². The molecular weight excluding hydrogens is 206 g/mol. The maximum Gasteiger partial charge on any atom is 0.254 e. The van der Waals surface area contributed by atoms with E-state index in [4.69, 9.17) is 0 Å². The third-order valence-electron chi connectivity index (χ3n) is 2.91. The minimum atomic E-state index is -0.414. The van der Waals surface area contributed by atoms with E-state index in [2.05, 4.69) is 0 Å². The molecule has 0 aromatic heterocycles. The van der Waals surface area contributed by atoms with Gasteiger partial charge >= 0.3 is 0 Å². The van der Waals surface area contributed by atoms with E-state index in [0.29, 0.717) is 25.1 Å². The second-order valence-corrected chi connectivity index (χ2v) is 4.19. The van der Waals surface area contributed by atoms with Crippen molar-refractivity contribution in [1.29, 1.82) is 0 Å². The number of aromatic hydroxyl groups is 1. The molecule has 1 aliphatic heterocycles. The highest BCUT2D eigenvalue weighted by Gasteiger charge is 2.25. The molecule has 1 heterocycles. The molecule has 0 radical (unpaired) electrons. The predicted molar refractivity (Wildman–Crippen MR) is 59.4 cm³/mol. The number of phenolic OH excluding ortho intramolecular Hbond substituents is 1. The Morgan fingerprint density at radius 2 is 2.25 bits per heavy atom. The molecule has 16 heavy (non-hydrogen) atoms. The first-order valence-electron chi connectivity index (χ1n) is 5.35. The molecule has 1 aromatic rings. The van der Waals surface area contributed by atoms with E-state index in [0.717, 1.165) is 5.56 Å². The molecule has 1 aromatic carbocycles. The molecule has 0 saturated carbocycles. The first-order chi connectivity index (χ1) is 7.58. The van der Waals surface area contributed by atoms with Crippen LogP contribution in [0.15, 0.2) is 18.2 Å². The smallest absolute Gasteiger partial charge is 0.254 e. The van der Waals surface area contributed by atoms with Crippen molar-refractivity contribution in [2.24, 2.45) is 0 Å². The van der Waals surface area contributed by atoms with E-state index in [1.54, 1.807) is 24.0 Å². The van der Waals surface area contributed by atoms with Crippen LogP contribution in [-0.2, 0) is 0 Å². The maximum absolute atomic E-state index is 12.0. The van der Waals surface area contributed by atoms with E-state index < -0.39 is 6.10 Å². The highest BCUT2D eigenvalue weighted by atomic mass is 16.3. The second-order valence-electron chi connectivity index (χ2n) is 4.19. The lowest BCUT2D eigenvalue weighted by Crippen LogP contribution is -2.29. The van der Waals surface area contributed by atoms with Crippen molar-refractivity contribution in [1.82, 2.24) is 4.90 Å². The van der Waals surface area contributed by atoms with Crippen LogP contribution in [0.4, 0.5) is 0 Å². The van der Waals surface area contributed by atoms with Crippen molar-refractivity contribution >= 4 is 5.91 Å². The van der Waals surface area contributed by atoms with E-state index >= 15 is 0 Å². The third kappa shape index (κ3) is 2.02. The maximum atomic E-state index is 12.0. The number of nitrogens with zero attached hydrogens (tertiary/aromatic N) is 1. The fourth-order valence-corrected chi connectivity index (χ4v) is 1.85. The van der Waals surface area contributed by atoms with Crippen LogP contribution in [0, 0.1) is 6.92 Å². The van der Waals surface area contributed by atoms with Crippen molar-refractivity contribution in [2.45, 2.75) is 19.4 Å². The van der Waals surface area contributed by atoms with Crippen LogP contribution in [0.5, 0.6) is 5.75 Å². The Balaban J connectivity index is 2.18. The van der Waals surface area contributed by atoms with Gasteiger partial charge in [-0.25, -0.2) is 0 Å². The van der Waals surface area contributed by atoms with Gasteiger partial charge in [0.25, 0.3) is 5.91 Å². The molecule has 2 rings (SSSR count). The first kappa shape index (κ1) is 11.0. The highest BCUT2D eigenvalue weighted by Crippen LogP contribution is 2.20. The van der Waals surface area contributed by atoms with Crippen LogP contribution < -0.4 is 0 Å². The van der Waals surface area contributed by atoms with Gasteiger partial charge in [-0.1, -0.05) is 6.07 Å². The summed E-state index contributed by atoms with van der Waals surface area (Å²) in [6.45, 7) is 2.74. The van der Waals surface area contributed by atoms with E-state index in [1.165, 1.54) is 6.07 Å². The Kier molecular flexibility index (Phi) is 2.83. The number of phenols is 1. The summed E-state index contributed by atoms with van der Waals surface area (Å²) in [5.74, 6) is -0.00237. The first-order valence-corrected chi connectivity index (χ1v) is 5.35. The average Bonchev–Trinajstić information content (AvgIpc) is 2.68. The molecule has 4 nitrogen and oxygen atoms in total. The van der Waals surface area contributed by atoms with Gasteiger partial charge < -0.3 is 15.1 Å². The van der Waals surface area contributed by atoms with Gasteiger partial charge in [0, 0.05) is 18.7 Å². The number of hydrogen-bond donors (Lipinski definition) is 2. The summed E-state index contributed by atoms with van der Waals surface area (Å²) in [5, 5.41) is 18.9. The Hall–Kier alpha value is -1.55. The highest BCUT2D eigenvalue weighted by molar-refractivity contribution is 5.94. The van der Waals surface area contributed by atoms with Gasteiger partial charge in [0.1, 0.15) is 5.75 Å². The summed E-state index contributed by atoms with van der Waals surface area (Å²) in [6.07, 6.45) is 0.215. The number of aliphatic hydroxyl groups excluding tert-OH is 1. The number of likely N-dealkylation sites (tertiary alicyclic amines) is 1. The fourth-order valence-electron chi connectivity index (χ4n) is 1.85. The van der Waals surface area contributed by atoms with Gasteiger partial charge in [-0.05, 0) is 31.0 Å². The van der Waals surface area contributed by atoms with Gasteiger partial charge in [0.05, 0.1) is 6.10 Å². The number of carbonyl (C=O) groups excluding carboxylic acids is 1. The SMILES string of the molecule is Cc1ccc(C(=O)N2CC[C@@H](O)C2)cc1O. The minimum absolute atomic E-state index is 0.130. The number of β-amino-alcohol motifs (C(OH)–C–C–N with tert-alkyl or cyclic N) is 1. The van der Waals surface area contributed by atoms with Crippen LogP contribution in [0.2, 0.25) is 0 Å². The normalized spacial score (nSPS) is 20.1. The quantitative estimate of drug-likeness (QED) is 0.741. The Bertz CT molecular complexity index is 417. The number of aryl methyl sites for hydroxylation is 1. The zero-order valence-corrected chi connectivity index (χ0v) is 9.18. The molecule has 1 fully saturated rings. The summed E-state index contributed by atoms with van der Waals surface area (Å²) in [4.78, 5) is 13.6. The average molecular weight is 221 g/mol. The summed E-state index contributed by atoms with van der Waals surface area (Å²) >= 11 is 0. The largest absolute Gasteiger partial charge is 0.508 e. The van der Waals surface area contributed by atoms with Crippen LogP contribution >= 0.6 is 0 Å². The Labute approximate surface area is 94.1 Å². The van der Waals surface area contributed by atoms with Gasteiger partial charge in [-0.2, -0.15) is 0 Å². The molecule has 86 valence electrons. The topological polar surface area (TPSA) is 60.8 Å². The lowest BCUT2D eigenvalue weighted by molar-refractivity contribution is 0.0764. The minimum Gasteiger partial charge on any atom is -0.508 e. The molecule has 0 aliphatic carbocycles. The van der Waals surface area contributed by atoms with E-state index in [1.807, 2.05) is 0 Å². The monoisotopic (exact) mass is 221 g/mol. The van der Waals surface area contributed by atoms with Crippen LogP contribution in [-0.4, -0.2) is 40.2 Å². The number of rotatable bonds is 1. The standard InChI is InChI=1S/C12H15NO3/c1-8-2-3-9(6-11(8)15)12(16)13-5-4-10(14)7-13/h2-3,6,10,14-15H,4-5,7H2,1H3/t10-/m1/s1.